The van der Waals surface area contributed by atoms with Crippen LogP contribution in [0.5, 0.6) is 0 Å². The van der Waals surface area contributed by atoms with Crippen LogP contribution < -0.4 is 11.1 Å². The van der Waals surface area contributed by atoms with Gasteiger partial charge < -0.3 is 11.1 Å². The van der Waals surface area contributed by atoms with Gasteiger partial charge in [-0.1, -0.05) is 19.3 Å². The summed E-state index contributed by atoms with van der Waals surface area (Å²) in [5.74, 6) is 0.923. The topological polar surface area (TPSA) is 38.0 Å². The molecule has 0 aromatic carbocycles. The molecule has 1 fully saturated rings. The third kappa shape index (κ3) is 4.10. The maximum atomic E-state index is 5.45. The van der Waals surface area contributed by atoms with E-state index in [4.69, 9.17) is 5.73 Å². The second-order valence-electron chi connectivity index (χ2n) is 4.28. The van der Waals surface area contributed by atoms with Crippen LogP contribution in [0.2, 0.25) is 0 Å². The molecule has 1 rings (SSSR count). The van der Waals surface area contributed by atoms with Gasteiger partial charge in [0, 0.05) is 6.04 Å². The van der Waals surface area contributed by atoms with Crippen molar-refractivity contribution in [3.8, 4) is 0 Å². The van der Waals surface area contributed by atoms with Gasteiger partial charge in [-0.15, -0.1) is 0 Å². The highest BCUT2D eigenvalue weighted by Gasteiger charge is 2.18. The molecule has 0 unspecified atom stereocenters. The van der Waals surface area contributed by atoms with Crippen molar-refractivity contribution in [1.82, 2.24) is 5.32 Å². The summed E-state index contributed by atoms with van der Waals surface area (Å²) in [6.07, 6.45) is 8.29. The predicted octanol–water partition coefficient (Wildman–Crippen LogP) is 1.89. The van der Waals surface area contributed by atoms with Gasteiger partial charge in [0.2, 0.25) is 0 Å². The first kappa shape index (κ1) is 11.0. The minimum atomic E-state index is 0.701. The monoisotopic (exact) mass is 184 g/mol. The predicted molar refractivity (Wildman–Crippen MR) is 57.7 cm³/mol. The number of nitrogens with one attached hydrogen (secondary N) is 1. The highest BCUT2D eigenvalue weighted by atomic mass is 14.9. The van der Waals surface area contributed by atoms with E-state index in [1.54, 1.807) is 0 Å². The molecule has 13 heavy (non-hydrogen) atoms. The molecule has 0 radical (unpaired) electrons. The Hall–Kier alpha value is -0.0800. The van der Waals surface area contributed by atoms with Crippen molar-refractivity contribution in [1.29, 1.82) is 0 Å². The van der Waals surface area contributed by atoms with Gasteiger partial charge in [-0.05, 0) is 45.2 Å². The van der Waals surface area contributed by atoms with Gasteiger partial charge in [0.15, 0.2) is 0 Å². The molecule has 0 amide bonds. The Kier molecular flexibility index (Phi) is 5.40. The fourth-order valence-electron chi connectivity index (χ4n) is 2.23. The largest absolute Gasteiger partial charge is 0.330 e. The number of rotatable bonds is 5. The summed E-state index contributed by atoms with van der Waals surface area (Å²) in [5, 5.41) is 3.57. The molecule has 78 valence electrons. The molecule has 1 atom stereocenters. The normalized spacial score (nSPS) is 21.7. The third-order valence-corrected chi connectivity index (χ3v) is 3.20. The average molecular weight is 184 g/mol. The Morgan fingerprint density at radius 2 is 2.00 bits per heavy atom. The van der Waals surface area contributed by atoms with Gasteiger partial charge in [-0.3, -0.25) is 0 Å². The van der Waals surface area contributed by atoms with Crippen LogP contribution >= 0.6 is 0 Å². The molecule has 3 N–H and O–H groups in total. The highest BCUT2D eigenvalue weighted by molar-refractivity contribution is 4.75. The molecule has 1 aliphatic rings. The zero-order valence-electron chi connectivity index (χ0n) is 8.89. The molecule has 0 aromatic heterocycles. The first-order chi connectivity index (χ1) is 6.34. The van der Waals surface area contributed by atoms with E-state index in [-0.39, 0.29) is 0 Å². The summed E-state index contributed by atoms with van der Waals surface area (Å²) in [4.78, 5) is 0. The van der Waals surface area contributed by atoms with E-state index >= 15 is 0 Å². The second kappa shape index (κ2) is 6.39. The van der Waals surface area contributed by atoms with Gasteiger partial charge in [-0.2, -0.15) is 0 Å². The standard InChI is InChI=1S/C11H24N2/c1-10(13-9-5-8-12)11-6-3-2-4-7-11/h10-11,13H,2-9,12H2,1H3/t10-/m1/s1. The second-order valence-corrected chi connectivity index (χ2v) is 4.28. The molecule has 0 aromatic rings. The van der Waals surface area contributed by atoms with Crippen LogP contribution in [0.4, 0.5) is 0 Å². The van der Waals surface area contributed by atoms with Crippen molar-refractivity contribution in [2.75, 3.05) is 13.1 Å². The number of hydrogen-bond acceptors (Lipinski definition) is 2. The van der Waals surface area contributed by atoms with Crippen LogP contribution in [0.3, 0.4) is 0 Å². The van der Waals surface area contributed by atoms with E-state index in [0.717, 1.165) is 25.4 Å². The smallest absolute Gasteiger partial charge is 0.00670 e. The molecule has 0 saturated heterocycles. The van der Waals surface area contributed by atoms with E-state index in [0.29, 0.717) is 6.04 Å². The molecular formula is C11H24N2. The Balaban J connectivity index is 2.09. The lowest BCUT2D eigenvalue weighted by Gasteiger charge is -2.28. The van der Waals surface area contributed by atoms with Crippen molar-refractivity contribution < 1.29 is 0 Å². The molecule has 2 nitrogen and oxygen atoms in total. The molecule has 0 heterocycles. The molecule has 0 spiro atoms. The maximum Gasteiger partial charge on any atom is 0.00670 e. The lowest BCUT2D eigenvalue weighted by Crippen LogP contribution is -2.35. The van der Waals surface area contributed by atoms with Gasteiger partial charge in [0.25, 0.3) is 0 Å². The zero-order valence-corrected chi connectivity index (χ0v) is 8.89. The van der Waals surface area contributed by atoms with E-state index in [9.17, 15) is 0 Å². The summed E-state index contributed by atoms with van der Waals surface area (Å²) >= 11 is 0. The summed E-state index contributed by atoms with van der Waals surface area (Å²) in [6.45, 7) is 4.23. The number of nitrogens with two attached hydrogens (primary N) is 1. The van der Waals surface area contributed by atoms with Gasteiger partial charge in [0.1, 0.15) is 0 Å². The van der Waals surface area contributed by atoms with Gasteiger partial charge >= 0.3 is 0 Å². The van der Waals surface area contributed by atoms with Crippen molar-refractivity contribution in [2.45, 2.75) is 51.5 Å². The van der Waals surface area contributed by atoms with Crippen LogP contribution in [0.15, 0.2) is 0 Å². The summed E-state index contributed by atoms with van der Waals surface area (Å²) in [5.41, 5.74) is 5.45. The van der Waals surface area contributed by atoms with Crippen LogP contribution in [0.25, 0.3) is 0 Å². The zero-order chi connectivity index (χ0) is 9.52. The fraction of sp³-hybridized carbons (Fsp3) is 1.00. The van der Waals surface area contributed by atoms with Crippen LogP contribution in [-0.2, 0) is 0 Å². The summed E-state index contributed by atoms with van der Waals surface area (Å²) in [7, 11) is 0. The van der Waals surface area contributed by atoms with E-state index in [2.05, 4.69) is 12.2 Å². The Bertz CT molecular complexity index is 119. The summed E-state index contributed by atoms with van der Waals surface area (Å²) in [6, 6.07) is 0.701. The Morgan fingerprint density at radius 3 is 2.62 bits per heavy atom. The highest BCUT2D eigenvalue weighted by Crippen LogP contribution is 2.26. The average Bonchev–Trinajstić information content (AvgIpc) is 2.19. The van der Waals surface area contributed by atoms with Crippen molar-refractivity contribution in [3.63, 3.8) is 0 Å². The molecule has 1 aliphatic carbocycles. The fourth-order valence-corrected chi connectivity index (χ4v) is 2.23. The lowest BCUT2D eigenvalue weighted by molar-refractivity contribution is 0.282. The lowest BCUT2D eigenvalue weighted by atomic mass is 9.84. The molecular weight excluding hydrogens is 160 g/mol. The maximum absolute atomic E-state index is 5.45. The quantitative estimate of drug-likeness (QED) is 0.640. The Morgan fingerprint density at radius 1 is 1.31 bits per heavy atom. The Labute approximate surface area is 82.3 Å². The molecule has 2 heteroatoms. The van der Waals surface area contributed by atoms with E-state index in [1.165, 1.54) is 32.1 Å². The first-order valence-electron chi connectivity index (χ1n) is 5.78. The van der Waals surface area contributed by atoms with E-state index < -0.39 is 0 Å². The van der Waals surface area contributed by atoms with E-state index in [1.807, 2.05) is 0 Å². The van der Waals surface area contributed by atoms with Crippen molar-refractivity contribution in [2.24, 2.45) is 11.7 Å². The van der Waals surface area contributed by atoms with Crippen molar-refractivity contribution in [3.05, 3.63) is 0 Å². The molecule has 1 saturated carbocycles. The number of hydrogen-bond donors (Lipinski definition) is 2. The summed E-state index contributed by atoms with van der Waals surface area (Å²) < 4.78 is 0. The van der Waals surface area contributed by atoms with Crippen LogP contribution in [0, 0.1) is 5.92 Å². The van der Waals surface area contributed by atoms with Gasteiger partial charge in [-0.25, -0.2) is 0 Å². The van der Waals surface area contributed by atoms with Gasteiger partial charge in [0.05, 0.1) is 0 Å². The SMILES string of the molecule is C[C@@H](NCCCN)C1CCCCC1. The first-order valence-corrected chi connectivity index (χ1v) is 5.78. The molecule has 0 aliphatic heterocycles. The minimum absolute atomic E-state index is 0.701. The van der Waals surface area contributed by atoms with Crippen LogP contribution in [0.1, 0.15) is 45.4 Å². The van der Waals surface area contributed by atoms with Crippen molar-refractivity contribution >= 4 is 0 Å². The molecule has 0 bridgehead atoms. The van der Waals surface area contributed by atoms with Crippen LogP contribution in [-0.4, -0.2) is 19.1 Å². The third-order valence-electron chi connectivity index (χ3n) is 3.20. The minimum Gasteiger partial charge on any atom is -0.330 e.